The Morgan fingerprint density at radius 1 is 1.05 bits per heavy atom. The molecule has 0 amide bonds. The van der Waals surface area contributed by atoms with Crippen LogP contribution in [0.5, 0.6) is 5.75 Å². The lowest BCUT2D eigenvalue weighted by molar-refractivity contribution is 0.340. The second-order valence-electron chi connectivity index (χ2n) is 4.88. The van der Waals surface area contributed by atoms with Crippen LogP contribution >= 0.6 is 45.2 Å². The topological polar surface area (TPSA) is 27.1 Å². The van der Waals surface area contributed by atoms with Crippen molar-refractivity contribution in [3.8, 4) is 11.4 Å². The van der Waals surface area contributed by atoms with Crippen molar-refractivity contribution in [3.63, 3.8) is 0 Å². The van der Waals surface area contributed by atoms with Crippen molar-refractivity contribution in [3.05, 3.63) is 53.9 Å². The monoisotopic (exact) mass is 518 g/mol. The van der Waals surface area contributed by atoms with Gasteiger partial charge in [0.2, 0.25) is 0 Å². The summed E-state index contributed by atoms with van der Waals surface area (Å²) < 4.78 is 9.65. The van der Waals surface area contributed by atoms with E-state index < -0.39 is 0 Å². The molecule has 0 spiro atoms. The Kier molecular flexibility index (Phi) is 5.22. The Morgan fingerprint density at radius 2 is 1.82 bits per heavy atom. The van der Waals surface area contributed by atoms with Crippen molar-refractivity contribution < 1.29 is 4.74 Å². The van der Waals surface area contributed by atoms with E-state index in [1.54, 1.807) is 0 Å². The highest BCUT2D eigenvalue weighted by atomic mass is 127. The average Bonchev–Trinajstić information content (AvgIpc) is 2.93. The number of ether oxygens (including phenoxy) is 1. The number of nitrogens with zero attached hydrogens (tertiary/aromatic N) is 2. The van der Waals surface area contributed by atoms with E-state index >= 15 is 0 Å². The van der Waals surface area contributed by atoms with Crippen LogP contribution in [-0.4, -0.2) is 16.2 Å². The summed E-state index contributed by atoms with van der Waals surface area (Å²) in [5.41, 5.74) is 4.67. The minimum absolute atomic E-state index is 0.686. The van der Waals surface area contributed by atoms with Gasteiger partial charge in [-0.2, -0.15) is 0 Å². The first-order valence-electron chi connectivity index (χ1n) is 7.12. The van der Waals surface area contributed by atoms with Crippen molar-refractivity contribution in [1.29, 1.82) is 0 Å². The van der Waals surface area contributed by atoms with Gasteiger partial charge in [-0.3, -0.25) is 4.57 Å². The standard InChI is InChI=1S/C17H16I2N2O/c1-2-22-14-6-4-13(5-7-14)21-16-9-12(10-18)3-8-15(16)20-17(21)11-19/h3-9H,2,10-11H2,1H3. The van der Waals surface area contributed by atoms with Crippen LogP contribution < -0.4 is 4.74 Å². The summed E-state index contributed by atoms with van der Waals surface area (Å²) >= 11 is 4.76. The maximum atomic E-state index is 5.53. The van der Waals surface area contributed by atoms with E-state index in [9.17, 15) is 0 Å². The molecule has 5 heteroatoms. The lowest BCUT2D eigenvalue weighted by atomic mass is 10.2. The molecule has 0 aliphatic heterocycles. The summed E-state index contributed by atoms with van der Waals surface area (Å²) in [6.07, 6.45) is 0. The van der Waals surface area contributed by atoms with Crippen molar-refractivity contribution >= 4 is 56.2 Å². The van der Waals surface area contributed by atoms with Gasteiger partial charge in [0.1, 0.15) is 11.6 Å². The molecular formula is C17H16I2N2O. The van der Waals surface area contributed by atoms with E-state index in [0.717, 1.165) is 31.6 Å². The fourth-order valence-electron chi connectivity index (χ4n) is 2.49. The number of imidazole rings is 1. The molecule has 22 heavy (non-hydrogen) atoms. The maximum Gasteiger partial charge on any atom is 0.124 e. The quantitative estimate of drug-likeness (QED) is 0.339. The number of aromatic nitrogens is 2. The molecule has 3 aromatic rings. The van der Waals surface area contributed by atoms with Gasteiger partial charge >= 0.3 is 0 Å². The molecular weight excluding hydrogens is 502 g/mol. The van der Waals surface area contributed by atoms with Gasteiger partial charge in [0.15, 0.2) is 0 Å². The van der Waals surface area contributed by atoms with E-state index in [1.807, 2.05) is 19.1 Å². The summed E-state index contributed by atoms with van der Waals surface area (Å²) in [4.78, 5) is 4.76. The number of fused-ring (bicyclic) bond motifs is 1. The van der Waals surface area contributed by atoms with Gasteiger partial charge in [-0.15, -0.1) is 0 Å². The Balaban J connectivity index is 2.14. The van der Waals surface area contributed by atoms with Crippen LogP contribution in [0.25, 0.3) is 16.7 Å². The molecule has 0 aliphatic carbocycles. The summed E-state index contributed by atoms with van der Waals surface area (Å²) in [6.45, 7) is 2.68. The first-order chi connectivity index (χ1) is 10.8. The highest BCUT2D eigenvalue weighted by Crippen LogP contribution is 2.26. The molecule has 0 radical (unpaired) electrons. The van der Waals surface area contributed by atoms with Gasteiger partial charge in [-0.1, -0.05) is 51.2 Å². The summed E-state index contributed by atoms with van der Waals surface area (Å²) in [5.74, 6) is 1.98. The number of benzene rings is 2. The Bertz CT molecular complexity index is 781. The van der Waals surface area contributed by atoms with Gasteiger partial charge in [0.25, 0.3) is 0 Å². The van der Waals surface area contributed by atoms with Crippen molar-refractivity contribution in [2.45, 2.75) is 15.8 Å². The van der Waals surface area contributed by atoms with Crippen LogP contribution in [0.15, 0.2) is 42.5 Å². The molecule has 0 saturated carbocycles. The molecule has 1 aromatic heterocycles. The zero-order valence-electron chi connectivity index (χ0n) is 12.2. The molecule has 114 valence electrons. The second-order valence-corrected chi connectivity index (χ2v) is 6.41. The predicted molar refractivity (Wildman–Crippen MR) is 108 cm³/mol. The lowest BCUT2D eigenvalue weighted by Crippen LogP contribution is -1.99. The lowest BCUT2D eigenvalue weighted by Gasteiger charge is -2.10. The van der Waals surface area contributed by atoms with Crippen LogP contribution in [0.4, 0.5) is 0 Å². The van der Waals surface area contributed by atoms with Gasteiger partial charge in [-0.05, 0) is 48.9 Å². The molecule has 0 N–H and O–H groups in total. The van der Waals surface area contributed by atoms with Gasteiger partial charge in [0, 0.05) is 10.1 Å². The first kappa shape index (κ1) is 16.0. The smallest absolute Gasteiger partial charge is 0.124 e. The van der Waals surface area contributed by atoms with E-state index in [0.29, 0.717) is 6.61 Å². The normalized spacial score (nSPS) is 11.0. The molecule has 3 rings (SSSR count). The number of hydrogen-bond acceptors (Lipinski definition) is 2. The van der Waals surface area contributed by atoms with E-state index in [1.165, 1.54) is 11.1 Å². The third-order valence-electron chi connectivity index (χ3n) is 3.47. The number of halogens is 2. The molecule has 0 fully saturated rings. The van der Waals surface area contributed by atoms with Crippen LogP contribution in [0.1, 0.15) is 18.3 Å². The van der Waals surface area contributed by atoms with E-state index in [2.05, 4.69) is 80.1 Å². The molecule has 0 unspecified atom stereocenters. The zero-order chi connectivity index (χ0) is 15.5. The highest BCUT2D eigenvalue weighted by molar-refractivity contribution is 14.1. The predicted octanol–water partition coefficient (Wildman–Crippen LogP) is 5.29. The number of rotatable bonds is 5. The fourth-order valence-corrected chi connectivity index (χ4v) is 3.48. The maximum absolute atomic E-state index is 5.53. The Hall–Kier alpha value is -0.830. The summed E-state index contributed by atoms with van der Waals surface area (Å²) in [6, 6.07) is 14.7. The van der Waals surface area contributed by atoms with Crippen molar-refractivity contribution in [2.75, 3.05) is 6.61 Å². The minimum atomic E-state index is 0.686. The van der Waals surface area contributed by atoms with Crippen LogP contribution in [0, 0.1) is 0 Å². The Morgan fingerprint density at radius 3 is 2.45 bits per heavy atom. The minimum Gasteiger partial charge on any atom is -0.494 e. The first-order valence-corrected chi connectivity index (χ1v) is 10.2. The second kappa shape index (κ2) is 7.16. The van der Waals surface area contributed by atoms with Gasteiger partial charge in [0.05, 0.1) is 22.1 Å². The van der Waals surface area contributed by atoms with Crippen molar-refractivity contribution in [2.24, 2.45) is 0 Å². The van der Waals surface area contributed by atoms with Gasteiger partial charge < -0.3 is 4.74 Å². The molecule has 1 heterocycles. The summed E-state index contributed by atoms with van der Waals surface area (Å²) in [7, 11) is 0. The van der Waals surface area contributed by atoms with E-state index in [-0.39, 0.29) is 0 Å². The third kappa shape index (κ3) is 3.10. The molecule has 3 nitrogen and oxygen atoms in total. The van der Waals surface area contributed by atoms with Crippen molar-refractivity contribution in [1.82, 2.24) is 9.55 Å². The average molecular weight is 518 g/mol. The molecule has 0 atom stereocenters. The molecule has 0 saturated heterocycles. The zero-order valence-corrected chi connectivity index (χ0v) is 16.5. The SMILES string of the molecule is CCOc1ccc(-n2c(CI)nc3ccc(CI)cc32)cc1. The number of alkyl halides is 2. The highest BCUT2D eigenvalue weighted by Gasteiger charge is 2.12. The fraction of sp³-hybridized carbons (Fsp3) is 0.235. The van der Waals surface area contributed by atoms with Crippen LogP contribution in [0.3, 0.4) is 0 Å². The van der Waals surface area contributed by atoms with Gasteiger partial charge in [-0.25, -0.2) is 4.98 Å². The number of hydrogen-bond donors (Lipinski definition) is 0. The van der Waals surface area contributed by atoms with E-state index in [4.69, 9.17) is 9.72 Å². The van der Waals surface area contributed by atoms with Crippen LogP contribution in [-0.2, 0) is 8.86 Å². The third-order valence-corrected chi connectivity index (χ3v) is 5.03. The van der Waals surface area contributed by atoms with Crippen LogP contribution in [0.2, 0.25) is 0 Å². The Labute approximate surface area is 157 Å². The molecule has 2 aromatic carbocycles. The molecule has 0 bridgehead atoms. The molecule has 0 aliphatic rings. The summed E-state index contributed by atoms with van der Waals surface area (Å²) in [5, 5.41) is 0. The largest absolute Gasteiger partial charge is 0.494 e.